The molecule has 0 aliphatic rings. The lowest BCUT2D eigenvalue weighted by atomic mass is 10.0. The third-order valence-corrected chi connectivity index (χ3v) is 2.86. The summed E-state index contributed by atoms with van der Waals surface area (Å²) >= 11 is 0. The highest BCUT2D eigenvalue weighted by molar-refractivity contribution is 5.85. The number of methoxy groups -OCH3 is 1. The molecule has 9 heteroatoms. The fourth-order valence-corrected chi connectivity index (χ4v) is 1.65. The number of nitrogens with one attached hydrogen (secondary N) is 1. The van der Waals surface area contributed by atoms with Gasteiger partial charge in [-0.3, -0.25) is 23.9 Å². The van der Waals surface area contributed by atoms with Crippen molar-refractivity contribution >= 4 is 12.1 Å². The number of aromatic nitrogens is 2. The number of hydrogen-bond acceptors (Lipinski definition) is 7. The van der Waals surface area contributed by atoms with E-state index >= 15 is 0 Å². The van der Waals surface area contributed by atoms with Gasteiger partial charge in [-0.15, -0.1) is 0 Å². The number of carbonyl (C=O) groups is 2. The molecule has 1 aromatic heterocycles. The number of aliphatic hydroxyl groups is 1. The fraction of sp³-hybridized carbons (Fsp3) is 0.500. The Labute approximate surface area is 119 Å². The summed E-state index contributed by atoms with van der Waals surface area (Å²) in [4.78, 5) is 47.4. The summed E-state index contributed by atoms with van der Waals surface area (Å²) in [5.74, 6) is -0.573. The van der Waals surface area contributed by atoms with E-state index in [9.17, 15) is 24.3 Å². The van der Waals surface area contributed by atoms with Crippen molar-refractivity contribution in [2.24, 2.45) is 0 Å². The van der Waals surface area contributed by atoms with Crippen LogP contribution in [0, 0.1) is 0 Å². The molecule has 2 N–H and O–H groups in total. The summed E-state index contributed by atoms with van der Waals surface area (Å²) in [6.07, 6.45) is -0.182. The zero-order valence-electron chi connectivity index (χ0n) is 11.6. The van der Waals surface area contributed by atoms with Crippen LogP contribution in [-0.4, -0.2) is 52.7 Å². The second-order valence-electron chi connectivity index (χ2n) is 4.30. The summed E-state index contributed by atoms with van der Waals surface area (Å²) in [6, 6.07) is 1.02. The second-order valence-corrected chi connectivity index (χ2v) is 4.30. The molecule has 0 bridgehead atoms. The Morgan fingerprint density at radius 2 is 2.24 bits per heavy atom. The Bertz CT molecular complexity index is 621. The predicted octanol–water partition coefficient (Wildman–Crippen LogP) is -1.78. The van der Waals surface area contributed by atoms with Crippen molar-refractivity contribution in [2.45, 2.75) is 18.8 Å². The van der Waals surface area contributed by atoms with E-state index in [2.05, 4.69) is 0 Å². The van der Waals surface area contributed by atoms with E-state index in [1.165, 1.54) is 7.11 Å². The number of aromatic amines is 1. The highest BCUT2D eigenvalue weighted by atomic mass is 16.6. The van der Waals surface area contributed by atoms with Crippen molar-refractivity contribution in [1.82, 2.24) is 9.55 Å². The Morgan fingerprint density at radius 1 is 1.57 bits per heavy atom. The first kappa shape index (κ1) is 17.0. The van der Waals surface area contributed by atoms with Gasteiger partial charge >= 0.3 is 5.69 Å². The maximum absolute atomic E-state index is 11.7. The first-order chi connectivity index (χ1) is 9.90. The van der Waals surface area contributed by atoms with Crippen LogP contribution in [0.25, 0.3) is 0 Å². The van der Waals surface area contributed by atoms with Gasteiger partial charge in [0.2, 0.25) is 0 Å². The first-order valence-corrected chi connectivity index (χ1v) is 5.95. The molecule has 0 saturated heterocycles. The smallest absolute Gasteiger partial charge is 0.330 e. The van der Waals surface area contributed by atoms with Crippen molar-refractivity contribution in [3.05, 3.63) is 33.1 Å². The van der Waals surface area contributed by atoms with E-state index in [4.69, 9.17) is 9.47 Å². The van der Waals surface area contributed by atoms with Crippen molar-refractivity contribution < 1.29 is 24.2 Å². The van der Waals surface area contributed by atoms with Crippen molar-refractivity contribution in [3.8, 4) is 0 Å². The summed E-state index contributed by atoms with van der Waals surface area (Å²) in [5.41, 5.74) is -3.30. The minimum Gasteiger partial charge on any atom is -0.393 e. The predicted molar refractivity (Wildman–Crippen MR) is 69.9 cm³/mol. The Morgan fingerprint density at radius 3 is 2.67 bits per heavy atom. The number of aldehydes is 1. The Hall–Kier alpha value is -2.10. The molecule has 1 rings (SSSR count). The zero-order valence-corrected chi connectivity index (χ0v) is 11.6. The average molecular weight is 300 g/mol. The average Bonchev–Trinajstić information content (AvgIpc) is 2.44. The lowest BCUT2D eigenvalue weighted by Gasteiger charge is -2.31. The molecular formula is C12H16N2O7. The number of nitrogens with zero attached hydrogens (tertiary/aromatic N) is 1. The van der Waals surface area contributed by atoms with Crippen molar-refractivity contribution in [2.75, 3.05) is 20.3 Å². The van der Waals surface area contributed by atoms with E-state index in [1.807, 2.05) is 4.98 Å². The van der Waals surface area contributed by atoms with E-state index in [0.717, 1.165) is 23.8 Å². The molecule has 9 nitrogen and oxygen atoms in total. The molecule has 0 spiro atoms. The van der Waals surface area contributed by atoms with E-state index < -0.39 is 35.5 Å². The number of Topliss-reactive ketones (excluding diaryl/α,β-unsaturated/α-hetero) is 1. The highest BCUT2D eigenvalue weighted by Crippen LogP contribution is 2.19. The van der Waals surface area contributed by atoms with Gasteiger partial charge in [0.05, 0.1) is 13.2 Å². The number of aliphatic hydroxyl groups excluding tert-OH is 1. The fourth-order valence-electron chi connectivity index (χ4n) is 1.65. The maximum Gasteiger partial charge on any atom is 0.330 e. The summed E-state index contributed by atoms with van der Waals surface area (Å²) < 4.78 is 10.9. The summed E-state index contributed by atoms with van der Waals surface area (Å²) in [6.45, 7) is 0.118. The maximum atomic E-state index is 11.7. The Balaban J connectivity index is 3.20. The van der Waals surface area contributed by atoms with Gasteiger partial charge < -0.3 is 14.6 Å². The molecule has 0 amide bonds. The van der Waals surface area contributed by atoms with E-state index in [-0.39, 0.29) is 12.9 Å². The number of ketones is 1. The van der Waals surface area contributed by atoms with Crippen LogP contribution in [0.4, 0.5) is 0 Å². The number of rotatable bonds is 8. The lowest BCUT2D eigenvalue weighted by Crippen LogP contribution is -2.50. The molecule has 116 valence electrons. The molecule has 21 heavy (non-hydrogen) atoms. The van der Waals surface area contributed by atoms with Crippen LogP contribution in [0.15, 0.2) is 21.9 Å². The van der Waals surface area contributed by atoms with E-state index in [1.54, 1.807) is 0 Å². The second kappa shape index (κ2) is 7.07. The standard InChI is InChI=1S/C12H16N2O7/c1-8(17)12(6-16,7-20-2)21-10(5-15)14-4-3-9(18)13-11(14)19/h3-5,10,16H,6-7H2,1-2H3,(H,13,18,19)/t10-,12-/m1/s1. The largest absolute Gasteiger partial charge is 0.393 e. The lowest BCUT2D eigenvalue weighted by molar-refractivity contribution is -0.182. The van der Waals surface area contributed by atoms with Crippen LogP contribution < -0.4 is 11.2 Å². The van der Waals surface area contributed by atoms with Gasteiger partial charge in [0.1, 0.15) is 0 Å². The van der Waals surface area contributed by atoms with Crippen LogP contribution >= 0.6 is 0 Å². The molecule has 0 fully saturated rings. The van der Waals surface area contributed by atoms with Crippen LogP contribution in [0.3, 0.4) is 0 Å². The van der Waals surface area contributed by atoms with Crippen molar-refractivity contribution in [1.29, 1.82) is 0 Å². The molecule has 0 unspecified atom stereocenters. The minimum atomic E-state index is -1.78. The van der Waals surface area contributed by atoms with Gasteiger partial charge in [-0.2, -0.15) is 0 Å². The van der Waals surface area contributed by atoms with Gasteiger partial charge in [-0.05, 0) is 6.92 Å². The first-order valence-electron chi connectivity index (χ1n) is 5.95. The Kier molecular flexibility index (Phi) is 5.70. The number of H-pyrrole nitrogens is 1. The number of carbonyl (C=O) groups excluding carboxylic acids is 2. The molecule has 0 aliphatic heterocycles. The monoisotopic (exact) mass is 300 g/mol. The van der Waals surface area contributed by atoms with Gasteiger partial charge in [-0.1, -0.05) is 0 Å². The molecule has 2 atom stereocenters. The van der Waals surface area contributed by atoms with Crippen LogP contribution in [-0.2, 0) is 19.1 Å². The number of ether oxygens (including phenoxy) is 2. The summed E-state index contributed by atoms with van der Waals surface area (Å²) in [7, 11) is 1.29. The zero-order chi connectivity index (χ0) is 16.0. The molecule has 0 aliphatic carbocycles. The molecule has 1 aromatic rings. The third kappa shape index (κ3) is 3.72. The van der Waals surface area contributed by atoms with Gasteiger partial charge in [0, 0.05) is 19.4 Å². The number of hydrogen-bond donors (Lipinski definition) is 2. The van der Waals surface area contributed by atoms with Crippen LogP contribution in [0.1, 0.15) is 13.2 Å². The van der Waals surface area contributed by atoms with Gasteiger partial charge in [0.15, 0.2) is 23.9 Å². The molecule has 1 heterocycles. The van der Waals surface area contributed by atoms with Gasteiger partial charge in [0.25, 0.3) is 5.56 Å². The normalized spacial score (nSPS) is 15.2. The summed E-state index contributed by atoms with van der Waals surface area (Å²) in [5, 5.41) is 9.40. The SMILES string of the molecule is COC[C@@](CO)(O[C@H](C=O)n1ccc(=O)[nH]c1=O)C(C)=O. The quantitative estimate of drug-likeness (QED) is 0.543. The topological polar surface area (TPSA) is 128 Å². The molecular weight excluding hydrogens is 284 g/mol. The molecule has 0 radical (unpaired) electrons. The van der Waals surface area contributed by atoms with Gasteiger partial charge in [-0.25, -0.2) is 4.79 Å². The highest BCUT2D eigenvalue weighted by Gasteiger charge is 2.39. The minimum absolute atomic E-state index is 0.267. The van der Waals surface area contributed by atoms with Crippen LogP contribution in [0.2, 0.25) is 0 Å². The third-order valence-electron chi connectivity index (χ3n) is 2.86. The molecule has 0 aromatic carbocycles. The van der Waals surface area contributed by atoms with E-state index in [0.29, 0.717) is 0 Å². The van der Waals surface area contributed by atoms with Crippen LogP contribution in [0.5, 0.6) is 0 Å². The molecule has 0 saturated carbocycles. The van der Waals surface area contributed by atoms with Crippen molar-refractivity contribution in [3.63, 3.8) is 0 Å².